The summed E-state index contributed by atoms with van der Waals surface area (Å²) in [5.74, 6) is -1.25. The van der Waals surface area contributed by atoms with Gasteiger partial charge in [0.25, 0.3) is 0 Å². The predicted octanol–water partition coefficient (Wildman–Crippen LogP) is 1.44. The van der Waals surface area contributed by atoms with Crippen LogP contribution in [0.1, 0.15) is 27.2 Å². The molecule has 6 nitrogen and oxygen atoms in total. The van der Waals surface area contributed by atoms with E-state index in [0.29, 0.717) is 0 Å². The summed E-state index contributed by atoms with van der Waals surface area (Å²) in [6.45, 7) is 4.39. The fourth-order valence-corrected chi connectivity index (χ4v) is 2.03. The van der Waals surface area contributed by atoms with Crippen molar-refractivity contribution in [2.24, 2.45) is 0 Å². The molecule has 0 bridgehead atoms. The molecule has 0 aromatic rings. The number of nitrogens with zero attached hydrogens (tertiary/aromatic N) is 1. The lowest BCUT2D eigenvalue weighted by atomic mass is 10.0. The lowest BCUT2D eigenvalue weighted by molar-refractivity contribution is -0.142. The van der Waals surface area contributed by atoms with Gasteiger partial charge in [-0.15, -0.1) is 0 Å². The molecule has 1 fully saturated rings. The molecule has 1 heterocycles. The number of likely N-dealkylation sites (tertiary alicyclic amines) is 1. The minimum Gasteiger partial charge on any atom is -0.480 e. The molecule has 0 unspecified atom stereocenters. The number of hydrogen-bond donors (Lipinski definition) is 1. The first-order chi connectivity index (χ1) is 8.58. The first-order valence-electron chi connectivity index (χ1n) is 5.98. The van der Waals surface area contributed by atoms with Gasteiger partial charge in [-0.25, -0.2) is 14.0 Å². The number of amides is 1. The van der Waals surface area contributed by atoms with Gasteiger partial charge in [-0.3, -0.25) is 4.90 Å². The van der Waals surface area contributed by atoms with Gasteiger partial charge < -0.3 is 14.6 Å². The fourth-order valence-electron chi connectivity index (χ4n) is 2.03. The van der Waals surface area contributed by atoms with Crippen molar-refractivity contribution < 1.29 is 28.6 Å². The van der Waals surface area contributed by atoms with Crippen LogP contribution in [0.5, 0.6) is 0 Å². The number of carbonyl (C=O) groups excluding carboxylic acids is 1. The zero-order valence-electron chi connectivity index (χ0n) is 11.6. The van der Waals surface area contributed by atoms with Crippen molar-refractivity contribution in [1.29, 1.82) is 0 Å². The number of halogens is 1. The smallest absolute Gasteiger partial charge is 0.411 e. The van der Waals surface area contributed by atoms with E-state index in [-0.39, 0.29) is 19.6 Å². The van der Waals surface area contributed by atoms with Crippen LogP contribution in [0.4, 0.5) is 9.18 Å². The maximum atomic E-state index is 14.3. The third-order valence-corrected chi connectivity index (χ3v) is 2.71. The first kappa shape index (κ1) is 15.7. The maximum Gasteiger partial charge on any atom is 0.411 e. The van der Waals surface area contributed by atoms with E-state index < -0.39 is 29.4 Å². The van der Waals surface area contributed by atoms with E-state index in [1.807, 2.05) is 0 Å². The molecule has 1 N–H and O–H groups in total. The van der Waals surface area contributed by atoms with E-state index in [9.17, 15) is 14.0 Å². The molecule has 1 aliphatic heterocycles. The molecular formula is C12H20FNO5. The van der Waals surface area contributed by atoms with Gasteiger partial charge in [0.2, 0.25) is 0 Å². The van der Waals surface area contributed by atoms with Gasteiger partial charge >= 0.3 is 12.1 Å². The highest BCUT2D eigenvalue weighted by Gasteiger charge is 2.50. The Morgan fingerprint density at radius 3 is 2.47 bits per heavy atom. The second kappa shape index (κ2) is 5.32. The second-order valence-electron chi connectivity index (χ2n) is 5.75. The average Bonchev–Trinajstić information content (AvgIpc) is 2.54. The molecule has 110 valence electrons. The van der Waals surface area contributed by atoms with Crippen LogP contribution >= 0.6 is 0 Å². The van der Waals surface area contributed by atoms with E-state index in [1.165, 1.54) is 7.11 Å². The van der Waals surface area contributed by atoms with E-state index in [4.69, 9.17) is 14.6 Å². The SMILES string of the molecule is COC[C@@]1(F)C[C@@H](C(=O)O)N(C(=O)OC(C)(C)C)C1. The van der Waals surface area contributed by atoms with Gasteiger partial charge in [0.15, 0.2) is 5.67 Å². The first-order valence-corrected chi connectivity index (χ1v) is 5.98. The molecule has 7 heteroatoms. The number of ether oxygens (including phenoxy) is 2. The van der Waals surface area contributed by atoms with E-state index in [1.54, 1.807) is 20.8 Å². The summed E-state index contributed by atoms with van der Waals surface area (Å²) in [4.78, 5) is 23.9. The molecule has 2 atom stereocenters. The molecule has 1 amide bonds. The van der Waals surface area contributed by atoms with Crippen molar-refractivity contribution >= 4 is 12.1 Å². The highest BCUT2D eigenvalue weighted by atomic mass is 19.1. The summed E-state index contributed by atoms with van der Waals surface area (Å²) >= 11 is 0. The Morgan fingerprint density at radius 1 is 1.47 bits per heavy atom. The van der Waals surface area contributed by atoms with Gasteiger partial charge in [-0.05, 0) is 20.8 Å². The zero-order chi connectivity index (χ0) is 14.8. The van der Waals surface area contributed by atoms with Crippen LogP contribution in [0.2, 0.25) is 0 Å². The number of rotatable bonds is 3. The van der Waals surface area contributed by atoms with Crippen LogP contribution in [0.15, 0.2) is 0 Å². The summed E-state index contributed by atoms with van der Waals surface area (Å²) in [6, 6.07) is -1.23. The Labute approximate surface area is 111 Å². The predicted molar refractivity (Wildman–Crippen MR) is 64.7 cm³/mol. The summed E-state index contributed by atoms with van der Waals surface area (Å²) in [5, 5.41) is 9.07. The lowest BCUT2D eigenvalue weighted by Gasteiger charge is -2.27. The van der Waals surface area contributed by atoms with Crippen LogP contribution in [0.25, 0.3) is 0 Å². The maximum absolute atomic E-state index is 14.3. The van der Waals surface area contributed by atoms with E-state index >= 15 is 0 Å². The van der Waals surface area contributed by atoms with Gasteiger partial charge in [0, 0.05) is 13.5 Å². The van der Waals surface area contributed by atoms with Crippen molar-refractivity contribution in [3.05, 3.63) is 0 Å². The minimum atomic E-state index is -1.85. The van der Waals surface area contributed by atoms with Crippen molar-refractivity contribution in [2.75, 3.05) is 20.3 Å². The third kappa shape index (κ3) is 4.05. The summed E-state index contributed by atoms with van der Waals surface area (Å²) in [6.07, 6.45) is -1.12. The molecule has 0 radical (unpaired) electrons. The highest BCUT2D eigenvalue weighted by molar-refractivity contribution is 5.81. The van der Waals surface area contributed by atoms with Crippen molar-refractivity contribution in [3.8, 4) is 0 Å². The van der Waals surface area contributed by atoms with Crippen LogP contribution in [-0.4, -0.2) is 59.6 Å². The number of carboxylic acids is 1. The van der Waals surface area contributed by atoms with E-state index in [2.05, 4.69) is 0 Å². The number of methoxy groups -OCH3 is 1. The molecule has 1 saturated heterocycles. The van der Waals surface area contributed by atoms with Crippen LogP contribution in [0.3, 0.4) is 0 Å². The third-order valence-electron chi connectivity index (χ3n) is 2.71. The lowest BCUT2D eigenvalue weighted by Crippen LogP contribution is -2.44. The van der Waals surface area contributed by atoms with Crippen LogP contribution < -0.4 is 0 Å². The monoisotopic (exact) mass is 277 g/mol. The molecule has 0 saturated carbocycles. The number of alkyl halides is 1. The van der Waals surface area contributed by atoms with Crippen LogP contribution in [-0.2, 0) is 14.3 Å². The molecule has 0 aromatic carbocycles. The molecular weight excluding hydrogens is 257 g/mol. The molecule has 0 aromatic heterocycles. The Kier molecular flexibility index (Phi) is 4.39. The van der Waals surface area contributed by atoms with Crippen molar-refractivity contribution in [2.45, 2.75) is 44.5 Å². The van der Waals surface area contributed by atoms with Crippen molar-refractivity contribution in [1.82, 2.24) is 4.90 Å². The normalized spacial score (nSPS) is 27.4. The second-order valence-corrected chi connectivity index (χ2v) is 5.75. The number of hydrogen-bond acceptors (Lipinski definition) is 4. The molecule has 19 heavy (non-hydrogen) atoms. The van der Waals surface area contributed by atoms with Gasteiger partial charge in [0.1, 0.15) is 11.6 Å². The topological polar surface area (TPSA) is 76.1 Å². The Balaban J connectivity index is 2.85. The quantitative estimate of drug-likeness (QED) is 0.844. The standard InChI is InChI=1S/C12H20FNO5/c1-11(2,3)19-10(17)14-6-12(13,7-18-4)5-8(14)9(15)16/h8H,5-7H2,1-4H3,(H,15,16)/t8-,12+/m0/s1. The summed E-state index contributed by atoms with van der Waals surface area (Å²) in [7, 11) is 1.33. The number of aliphatic carboxylic acids is 1. The van der Waals surface area contributed by atoms with Crippen LogP contribution in [0, 0.1) is 0 Å². The number of carbonyl (C=O) groups is 2. The van der Waals surface area contributed by atoms with Crippen molar-refractivity contribution in [3.63, 3.8) is 0 Å². The Hall–Kier alpha value is -1.37. The molecule has 0 aliphatic carbocycles. The minimum absolute atomic E-state index is 0.254. The molecule has 0 spiro atoms. The summed E-state index contributed by atoms with van der Waals surface area (Å²) in [5.41, 5.74) is -2.61. The van der Waals surface area contributed by atoms with Gasteiger partial charge in [-0.2, -0.15) is 0 Å². The zero-order valence-corrected chi connectivity index (χ0v) is 11.6. The summed E-state index contributed by atoms with van der Waals surface area (Å²) < 4.78 is 24.2. The molecule has 1 rings (SSSR count). The Bertz CT molecular complexity index is 368. The highest BCUT2D eigenvalue weighted by Crippen LogP contribution is 2.32. The van der Waals surface area contributed by atoms with Gasteiger partial charge in [0.05, 0.1) is 13.2 Å². The largest absolute Gasteiger partial charge is 0.480 e. The van der Waals surface area contributed by atoms with E-state index in [0.717, 1.165) is 4.90 Å². The average molecular weight is 277 g/mol. The Morgan fingerprint density at radius 2 is 2.05 bits per heavy atom. The van der Waals surface area contributed by atoms with Gasteiger partial charge in [-0.1, -0.05) is 0 Å². The fraction of sp³-hybridized carbons (Fsp3) is 0.833. The molecule has 1 aliphatic rings. The number of carboxylic acid groups (broad SMARTS) is 1.